The number of nitrogens with zero attached hydrogens (tertiary/aromatic N) is 1. The minimum Gasteiger partial charge on any atom is -0.252 e. The normalized spacial score (nSPS) is 12.7. The number of fused-ring (bicyclic) bond motifs is 1. The molecule has 1 heterocycles. The van der Waals surface area contributed by atoms with Gasteiger partial charge in [0.1, 0.15) is 0 Å². The van der Waals surface area contributed by atoms with Crippen molar-refractivity contribution in [3.8, 4) is 0 Å². The number of hydrogen-bond donors (Lipinski definition) is 0. The van der Waals surface area contributed by atoms with Crippen LogP contribution in [0.3, 0.4) is 0 Å². The number of rotatable bonds is 3. The highest BCUT2D eigenvalue weighted by Crippen LogP contribution is 2.25. The van der Waals surface area contributed by atoms with Crippen LogP contribution in [0, 0.1) is 6.92 Å². The first-order chi connectivity index (χ1) is 9.22. The molecule has 0 bridgehead atoms. The van der Waals surface area contributed by atoms with E-state index in [1.807, 2.05) is 55.5 Å². The fourth-order valence-electron chi connectivity index (χ4n) is 1.85. The van der Waals surface area contributed by atoms with Gasteiger partial charge in [0.2, 0.25) is 0 Å². The van der Waals surface area contributed by atoms with Gasteiger partial charge in [0, 0.05) is 0 Å². The Labute approximate surface area is 118 Å². The summed E-state index contributed by atoms with van der Waals surface area (Å²) in [5.41, 5.74) is 3.23. The maximum absolute atomic E-state index is 12.3. The molecule has 0 saturated heterocycles. The van der Waals surface area contributed by atoms with E-state index >= 15 is 0 Å². The molecular formula is C15H13NOS2. The summed E-state index contributed by atoms with van der Waals surface area (Å²) in [5, 5.41) is 0. The van der Waals surface area contributed by atoms with Crippen LogP contribution in [-0.4, -0.2) is 9.19 Å². The first-order valence-electron chi connectivity index (χ1n) is 6.02. The quantitative estimate of drug-likeness (QED) is 0.731. The summed E-state index contributed by atoms with van der Waals surface area (Å²) in [7, 11) is -1.07. The standard InChI is InChI=1S/C15H13NOS2/c1-11-6-8-12(9-7-11)10-19(17)15-16-13-4-2-3-5-14(13)18-15/h2-9H,10H2,1H3/t19-/m0/s1. The maximum Gasteiger partial charge on any atom is 0.182 e. The van der Waals surface area contributed by atoms with Crippen molar-refractivity contribution in [1.82, 2.24) is 4.98 Å². The molecule has 0 radical (unpaired) electrons. The van der Waals surface area contributed by atoms with Gasteiger partial charge in [-0.1, -0.05) is 42.0 Å². The molecule has 0 fully saturated rings. The molecule has 2 aromatic carbocycles. The number of benzene rings is 2. The Morgan fingerprint density at radius 1 is 1.11 bits per heavy atom. The molecule has 0 amide bonds. The average Bonchev–Trinajstić information content (AvgIpc) is 2.85. The first kappa shape index (κ1) is 12.5. The molecule has 0 N–H and O–H groups in total. The largest absolute Gasteiger partial charge is 0.252 e. The van der Waals surface area contributed by atoms with Crippen LogP contribution in [0.25, 0.3) is 10.2 Å². The molecule has 3 rings (SSSR count). The van der Waals surface area contributed by atoms with E-state index in [0.29, 0.717) is 10.1 Å². The monoisotopic (exact) mass is 287 g/mol. The smallest absolute Gasteiger partial charge is 0.182 e. The van der Waals surface area contributed by atoms with Gasteiger partial charge in [0.25, 0.3) is 0 Å². The summed E-state index contributed by atoms with van der Waals surface area (Å²) in [6, 6.07) is 16.1. The Bertz CT molecular complexity index is 698. The van der Waals surface area contributed by atoms with E-state index in [4.69, 9.17) is 0 Å². The van der Waals surface area contributed by atoms with Crippen LogP contribution < -0.4 is 0 Å². The Morgan fingerprint density at radius 3 is 2.58 bits per heavy atom. The van der Waals surface area contributed by atoms with Gasteiger partial charge in [-0.05, 0) is 24.6 Å². The van der Waals surface area contributed by atoms with Crippen LogP contribution in [0.1, 0.15) is 11.1 Å². The van der Waals surface area contributed by atoms with Crippen molar-refractivity contribution in [2.45, 2.75) is 17.0 Å². The Kier molecular flexibility index (Phi) is 3.44. The van der Waals surface area contributed by atoms with E-state index in [9.17, 15) is 4.21 Å². The van der Waals surface area contributed by atoms with Crippen molar-refractivity contribution in [2.75, 3.05) is 0 Å². The van der Waals surface area contributed by atoms with E-state index in [1.165, 1.54) is 16.9 Å². The lowest BCUT2D eigenvalue weighted by atomic mass is 10.2. The van der Waals surface area contributed by atoms with Crippen LogP contribution in [0.15, 0.2) is 52.9 Å². The number of thiazole rings is 1. The number of para-hydroxylation sites is 1. The van der Waals surface area contributed by atoms with Gasteiger partial charge in [-0.15, -0.1) is 11.3 Å². The van der Waals surface area contributed by atoms with Crippen LogP contribution in [0.2, 0.25) is 0 Å². The van der Waals surface area contributed by atoms with Gasteiger partial charge in [-0.25, -0.2) is 4.98 Å². The number of hydrogen-bond acceptors (Lipinski definition) is 3. The molecule has 2 nitrogen and oxygen atoms in total. The number of aryl methyl sites for hydroxylation is 1. The molecular weight excluding hydrogens is 274 g/mol. The third kappa shape index (κ3) is 2.74. The molecule has 3 aromatic rings. The van der Waals surface area contributed by atoms with Crippen molar-refractivity contribution >= 4 is 32.4 Å². The van der Waals surface area contributed by atoms with E-state index in [0.717, 1.165) is 15.8 Å². The molecule has 1 aromatic heterocycles. The van der Waals surface area contributed by atoms with Crippen LogP contribution in [-0.2, 0) is 16.6 Å². The fourth-order valence-corrected chi connectivity index (χ4v) is 4.18. The lowest BCUT2D eigenvalue weighted by Crippen LogP contribution is -1.95. The Hall–Kier alpha value is -1.52. The van der Waals surface area contributed by atoms with Crippen molar-refractivity contribution in [3.05, 3.63) is 59.7 Å². The molecule has 0 aliphatic heterocycles. The summed E-state index contributed by atoms with van der Waals surface area (Å²) in [6.07, 6.45) is 0. The minimum absolute atomic E-state index is 0.528. The van der Waals surface area contributed by atoms with Gasteiger partial charge in [-0.2, -0.15) is 0 Å². The maximum atomic E-state index is 12.3. The van der Waals surface area contributed by atoms with Gasteiger partial charge >= 0.3 is 0 Å². The second kappa shape index (κ2) is 5.23. The molecule has 0 unspecified atom stereocenters. The van der Waals surface area contributed by atoms with Crippen molar-refractivity contribution in [3.63, 3.8) is 0 Å². The highest BCUT2D eigenvalue weighted by molar-refractivity contribution is 7.86. The third-order valence-electron chi connectivity index (χ3n) is 2.89. The molecule has 0 aliphatic rings. The summed E-state index contributed by atoms with van der Waals surface area (Å²) in [4.78, 5) is 4.44. The first-order valence-corrected chi connectivity index (χ1v) is 8.15. The van der Waals surface area contributed by atoms with E-state index in [1.54, 1.807) is 0 Å². The van der Waals surface area contributed by atoms with Gasteiger partial charge in [-0.3, -0.25) is 4.21 Å². The predicted molar refractivity (Wildman–Crippen MR) is 80.9 cm³/mol. The second-order valence-corrected chi connectivity index (χ2v) is 7.08. The van der Waals surface area contributed by atoms with Crippen LogP contribution in [0.4, 0.5) is 0 Å². The lowest BCUT2D eigenvalue weighted by Gasteiger charge is -2.00. The average molecular weight is 287 g/mol. The third-order valence-corrected chi connectivity index (χ3v) is 5.60. The molecule has 19 heavy (non-hydrogen) atoms. The second-order valence-electron chi connectivity index (χ2n) is 4.42. The fraction of sp³-hybridized carbons (Fsp3) is 0.133. The molecule has 4 heteroatoms. The van der Waals surface area contributed by atoms with E-state index in [2.05, 4.69) is 4.98 Å². The van der Waals surface area contributed by atoms with Crippen molar-refractivity contribution in [1.29, 1.82) is 0 Å². The minimum atomic E-state index is -1.07. The van der Waals surface area contributed by atoms with E-state index in [-0.39, 0.29) is 0 Å². The molecule has 96 valence electrons. The molecule has 0 aliphatic carbocycles. The topological polar surface area (TPSA) is 30.0 Å². The van der Waals surface area contributed by atoms with Gasteiger partial charge in [0.15, 0.2) is 4.34 Å². The Morgan fingerprint density at radius 2 is 1.84 bits per heavy atom. The molecule has 0 saturated carbocycles. The summed E-state index contributed by atoms with van der Waals surface area (Å²) >= 11 is 1.52. The summed E-state index contributed by atoms with van der Waals surface area (Å²) < 4.78 is 14.1. The summed E-state index contributed by atoms with van der Waals surface area (Å²) in [6.45, 7) is 2.05. The zero-order valence-corrected chi connectivity index (χ0v) is 12.1. The number of aromatic nitrogens is 1. The van der Waals surface area contributed by atoms with Gasteiger partial charge < -0.3 is 0 Å². The highest BCUT2D eigenvalue weighted by Gasteiger charge is 2.11. The molecule has 1 atom stereocenters. The molecule has 0 spiro atoms. The van der Waals surface area contributed by atoms with Crippen molar-refractivity contribution in [2.24, 2.45) is 0 Å². The SMILES string of the molecule is Cc1ccc(C[S@](=O)c2nc3ccccc3s2)cc1. The lowest BCUT2D eigenvalue weighted by molar-refractivity contribution is 0.682. The van der Waals surface area contributed by atoms with Gasteiger partial charge in [0.05, 0.1) is 26.8 Å². The summed E-state index contributed by atoms with van der Waals surface area (Å²) in [5.74, 6) is 0.528. The highest BCUT2D eigenvalue weighted by atomic mass is 32.2. The van der Waals surface area contributed by atoms with Crippen LogP contribution >= 0.6 is 11.3 Å². The van der Waals surface area contributed by atoms with Crippen molar-refractivity contribution < 1.29 is 4.21 Å². The van der Waals surface area contributed by atoms with E-state index < -0.39 is 10.8 Å². The van der Waals surface area contributed by atoms with Crippen LogP contribution in [0.5, 0.6) is 0 Å². The zero-order valence-electron chi connectivity index (χ0n) is 10.5. The zero-order chi connectivity index (χ0) is 13.2. The Balaban J connectivity index is 1.85. The predicted octanol–water partition coefficient (Wildman–Crippen LogP) is 3.91.